The van der Waals surface area contributed by atoms with Gasteiger partial charge in [0.25, 0.3) is 0 Å². The lowest BCUT2D eigenvalue weighted by Crippen LogP contribution is -2.39. The summed E-state index contributed by atoms with van der Waals surface area (Å²) in [5.74, 6) is 2.06. The topological polar surface area (TPSA) is 21.3 Å². The van der Waals surface area contributed by atoms with E-state index in [2.05, 4.69) is 23.5 Å². The van der Waals surface area contributed by atoms with Crippen molar-refractivity contribution in [2.45, 2.75) is 44.1 Å². The molecule has 96 valence electrons. The minimum Gasteiger partial charge on any atom is -0.493 e. The van der Waals surface area contributed by atoms with Crippen LogP contribution in [-0.4, -0.2) is 13.2 Å². The third-order valence-electron chi connectivity index (χ3n) is 4.88. The first-order valence-corrected chi connectivity index (χ1v) is 7.40. The average molecular weight is 243 g/mol. The van der Waals surface area contributed by atoms with Crippen LogP contribution in [0.1, 0.15) is 43.2 Å². The lowest BCUT2D eigenvalue weighted by atomic mass is 9.81. The lowest BCUT2D eigenvalue weighted by Gasteiger charge is -2.34. The molecule has 2 heterocycles. The second kappa shape index (κ2) is 3.99. The monoisotopic (exact) mass is 243 g/mol. The van der Waals surface area contributed by atoms with Gasteiger partial charge in [0.2, 0.25) is 0 Å². The number of hydrogen-bond donors (Lipinski definition) is 1. The van der Waals surface area contributed by atoms with E-state index in [1.807, 2.05) is 0 Å². The zero-order chi connectivity index (χ0) is 12.0. The molecule has 3 aliphatic rings. The van der Waals surface area contributed by atoms with E-state index in [0.29, 0.717) is 0 Å². The Morgan fingerprint density at radius 1 is 1.22 bits per heavy atom. The second-order valence-electron chi connectivity index (χ2n) is 6.02. The van der Waals surface area contributed by atoms with Crippen LogP contribution >= 0.6 is 0 Å². The van der Waals surface area contributed by atoms with E-state index in [9.17, 15) is 0 Å². The normalized spacial score (nSPS) is 30.9. The Morgan fingerprint density at radius 3 is 2.94 bits per heavy atom. The quantitative estimate of drug-likeness (QED) is 0.862. The number of hydrogen-bond acceptors (Lipinski definition) is 2. The molecular weight excluding hydrogens is 222 g/mol. The Kier molecular flexibility index (Phi) is 2.41. The van der Waals surface area contributed by atoms with Crippen molar-refractivity contribution >= 4 is 0 Å². The zero-order valence-corrected chi connectivity index (χ0v) is 10.9. The molecule has 2 aliphatic heterocycles. The lowest BCUT2D eigenvalue weighted by molar-refractivity contribution is 0.261. The number of benzene rings is 1. The minimum atomic E-state index is 0.239. The Morgan fingerprint density at radius 2 is 2.17 bits per heavy atom. The van der Waals surface area contributed by atoms with Gasteiger partial charge in [0, 0.05) is 5.56 Å². The summed E-state index contributed by atoms with van der Waals surface area (Å²) in [5, 5.41) is 3.82. The van der Waals surface area contributed by atoms with E-state index in [4.69, 9.17) is 4.74 Å². The number of ether oxygens (including phenoxy) is 1. The summed E-state index contributed by atoms with van der Waals surface area (Å²) in [6.45, 7) is 2.06. The molecule has 1 aliphatic carbocycles. The van der Waals surface area contributed by atoms with Crippen molar-refractivity contribution in [3.63, 3.8) is 0 Å². The fraction of sp³-hybridized carbons (Fsp3) is 0.625. The van der Waals surface area contributed by atoms with Crippen LogP contribution in [0.3, 0.4) is 0 Å². The number of aryl methyl sites for hydroxylation is 1. The Hall–Kier alpha value is -1.02. The Labute approximate surface area is 109 Å². The van der Waals surface area contributed by atoms with Gasteiger partial charge in [-0.25, -0.2) is 0 Å². The van der Waals surface area contributed by atoms with Gasteiger partial charge in [-0.1, -0.05) is 18.2 Å². The summed E-state index contributed by atoms with van der Waals surface area (Å²) in [7, 11) is 0. The first kappa shape index (κ1) is 10.9. The predicted octanol–water partition coefficient (Wildman–Crippen LogP) is 3.00. The third kappa shape index (κ3) is 1.51. The summed E-state index contributed by atoms with van der Waals surface area (Å²) in [5.41, 5.74) is 3.12. The van der Waals surface area contributed by atoms with Crippen LogP contribution in [0.25, 0.3) is 0 Å². The molecule has 1 unspecified atom stereocenters. The van der Waals surface area contributed by atoms with Crippen molar-refractivity contribution in [2.24, 2.45) is 5.92 Å². The third-order valence-corrected chi connectivity index (χ3v) is 4.88. The summed E-state index contributed by atoms with van der Waals surface area (Å²) in [6.07, 6.45) is 7.72. The molecular formula is C16H21NO. The van der Waals surface area contributed by atoms with Crippen LogP contribution in [0, 0.1) is 5.92 Å². The van der Waals surface area contributed by atoms with Crippen LogP contribution in [0.2, 0.25) is 0 Å². The summed E-state index contributed by atoms with van der Waals surface area (Å²) < 4.78 is 6.03. The molecule has 1 saturated carbocycles. The number of rotatable bonds is 2. The first-order valence-electron chi connectivity index (χ1n) is 7.40. The van der Waals surface area contributed by atoms with E-state index in [1.165, 1.54) is 61.9 Å². The van der Waals surface area contributed by atoms with Crippen molar-refractivity contribution < 1.29 is 4.74 Å². The smallest absolute Gasteiger partial charge is 0.127 e. The minimum absolute atomic E-state index is 0.239. The molecule has 0 spiro atoms. The first-order chi connectivity index (χ1) is 8.90. The van der Waals surface area contributed by atoms with Crippen molar-refractivity contribution in [1.29, 1.82) is 0 Å². The molecule has 1 saturated heterocycles. The van der Waals surface area contributed by atoms with Gasteiger partial charge in [0.05, 0.1) is 12.1 Å². The van der Waals surface area contributed by atoms with Crippen LogP contribution < -0.4 is 10.1 Å². The van der Waals surface area contributed by atoms with Crippen molar-refractivity contribution in [2.75, 3.05) is 13.2 Å². The fourth-order valence-corrected chi connectivity index (χ4v) is 3.88. The number of fused-ring (bicyclic) bond motifs is 1. The SMILES string of the molecule is c1cc2c(c(C3(C4CC4)CCCN3)c1)OCCC2. The second-order valence-corrected chi connectivity index (χ2v) is 6.02. The van der Waals surface area contributed by atoms with Gasteiger partial charge in [-0.15, -0.1) is 0 Å². The molecule has 2 nitrogen and oxygen atoms in total. The van der Waals surface area contributed by atoms with Gasteiger partial charge in [-0.3, -0.25) is 0 Å². The molecule has 4 rings (SSSR count). The van der Waals surface area contributed by atoms with E-state index in [0.717, 1.165) is 12.5 Å². The van der Waals surface area contributed by atoms with Crippen LogP contribution in [0.4, 0.5) is 0 Å². The number of para-hydroxylation sites is 1. The highest BCUT2D eigenvalue weighted by molar-refractivity contribution is 5.48. The van der Waals surface area contributed by atoms with Gasteiger partial charge in [0.15, 0.2) is 0 Å². The molecule has 1 atom stereocenters. The number of nitrogens with one attached hydrogen (secondary N) is 1. The molecule has 2 heteroatoms. The summed E-state index contributed by atoms with van der Waals surface area (Å²) in [6, 6.07) is 6.78. The Bertz CT molecular complexity index is 458. The van der Waals surface area contributed by atoms with Gasteiger partial charge in [0.1, 0.15) is 5.75 Å². The molecule has 1 N–H and O–H groups in total. The maximum Gasteiger partial charge on any atom is 0.127 e. The van der Waals surface area contributed by atoms with Gasteiger partial charge in [-0.05, 0) is 56.6 Å². The van der Waals surface area contributed by atoms with E-state index < -0.39 is 0 Å². The molecule has 18 heavy (non-hydrogen) atoms. The maximum absolute atomic E-state index is 6.03. The molecule has 2 fully saturated rings. The molecule has 0 amide bonds. The average Bonchev–Trinajstić information content (AvgIpc) is 3.17. The zero-order valence-electron chi connectivity index (χ0n) is 10.9. The molecule has 1 aromatic carbocycles. The molecule has 0 radical (unpaired) electrons. The van der Waals surface area contributed by atoms with Crippen LogP contribution in [-0.2, 0) is 12.0 Å². The maximum atomic E-state index is 6.03. The largest absolute Gasteiger partial charge is 0.493 e. The van der Waals surface area contributed by atoms with Crippen molar-refractivity contribution in [3.8, 4) is 5.75 Å². The highest BCUT2D eigenvalue weighted by atomic mass is 16.5. The fourth-order valence-electron chi connectivity index (χ4n) is 3.88. The molecule has 0 aromatic heterocycles. The van der Waals surface area contributed by atoms with Crippen molar-refractivity contribution in [3.05, 3.63) is 29.3 Å². The van der Waals surface area contributed by atoms with E-state index in [1.54, 1.807) is 0 Å². The highest BCUT2D eigenvalue weighted by Crippen LogP contribution is 2.53. The van der Waals surface area contributed by atoms with Crippen LogP contribution in [0.15, 0.2) is 18.2 Å². The summed E-state index contributed by atoms with van der Waals surface area (Å²) in [4.78, 5) is 0. The van der Waals surface area contributed by atoms with Gasteiger partial charge < -0.3 is 10.1 Å². The highest BCUT2D eigenvalue weighted by Gasteiger charge is 2.49. The van der Waals surface area contributed by atoms with Crippen LogP contribution in [0.5, 0.6) is 5.75 Å². The van der Waals surface area contributed by atoms with Gasteiger partial charge >= 0.3 is 0 Å². The van der Waals surface area contributed by atoms with E-state index in [-0.39, 0.29) is 5.54 Å². The Balaban J connectivity index is 1.83. The van der Waals surface area contributed by atoms with Gasteiger partial charge in [-0.2, -0.15) is 0 Å². The predicted molar refractivity (Wildman–Crippen MR) is 71.9 cm³/mol. The van der Waals surface area contributed by atoms with E-state index >= 15 is 0 Å². The molecule has 1 aromatic rings. The van der Waals surface area contributed by atoms with Crippen molar-refractivity contribution in [1.82, 2.24) is 5.32 Å². The standard InChI is InChI=1S/C16H21NO/c1-4-12-5-2-11-18-15(12)14(6-1)16(13-7-8-13)9-3-10-17-16/h1,4,6,13,17H,2-3,5,7-11H2. The molecule has 0 bridgehead atoms. The summed E-state index contributed by atoms with van der Waals surface area (Å²) >= 11 is 0.